The third kappa shape index (κ3) is 6.41. The van der Waals surface area contributed by atoms with E-state index < -0.39 is 18.2 Å². The zero-order chi connectivity index (χ0) is 30.2. The Morgan fingerprint density at radius 1 is 0.605 bits per heavy atom. The van der Waals surface area contributed by atoms with Gasteiger partial charge in [0.05, 0.1) is 17.7 Å². The lowest BCUT2D eigenvalue weighted by molar-refractivity contribution is 0.103. The van der Waals surface area contributed by atoms with E-state index in [4.69, 9.17) is 25.8 Å². The molecule has 0 bridgehead atoms. The highest BCUT2D eigenvalue weighted by atomic mass is 35.5. The van der Waals surface area contributed by atoms with Gasteiger partial charge in [0.1, 0.15) is 30.5 Å². The molecule has 43 heavy (non-hydrogen) atoms. The molecular formula is C35H28ClO6P. The van der Waals surface area contributed by atoms with Gasteiger partial charge in [-0.2, -0.15) is 0 Å². The molecule has 0 saturated carbocycles. The quantitative estimate of drug-likeness (QED) is 0.133. The second-order valence-corrected chi connectivity index (χ2v) is 12.5. The SMILES string of the molecule is COc1cccc(Cl)c1C(=O)P(=O)(C(=O)c1c(COc2ccccc2)cccc1COc1ccccc1)c1ccccc1. The first kappa shape index (κ1) is 29.8. The number of carbonyl (C=O) groups excluding carboxylic acids is 2. The van der Waals surface area contributed by atoms with Crippen LogP contribution >= 0.6 is 18.7 Å². The smallest absolute Gasteiger partial charge is 0.248 e. The second kappa shape index (κ2) is 13.6. The van der Waals surface area contributed by atoms with Crippen LogP contribution in [0.4, 0.5) is 0 Å². The number of ether oxygens (including phenoxy) is 3. The van der Waals surface area contributed by atoms with Crippen molar-refractivity contribution in [1.82, 2.24) is 0 Å². The maximum Gasteiger partial charge on any atom is 0.248 e. The number of benzene rings is 5. The van der Waals surface area contributed by atoms with Gasteiger partial charge in [-0.3, -0.25) is 9.59 Å². The normalized spacial score (nSPS) is 12.1. The molecule has 0 fully saturated rings. The van der Waals surface area contributed by atoms with Crippen LogP contribution in [0.2, 0.25) is 5.02 Å². The minimum absolute atomic E-state index is 0.0113. The van der Waals surface area contributed by atoms with Crippen LogP contribution in [0.5, 0.6) is 17.2 Å². The predicted molar refractivity (Wildman–Crippen MR) is 168 cm³/mol. The van der Waals surface area contributed by atoms with Crippen LogP contribution in [0.1, 0.15) is 31.8 Å². The molecule has 5 rings (SSSR count). The molecule has 6 nitrogen and oxygen atoms in total. The summed E-state index contributed by atoms with van der Waals surface area (Å²) in [5.41, 5.74) is -0.867. The highest BCUT2D eigenvalue weighted by Gasteiger charge is 2.46. The average Bonchev–Trinajstić information content (AvgIpc) is 3.06. The molecule has 0 aliphatic rings. The van der Waals surface area contributed by atoms with Crippen LogP contribution in [0.3, 0.4) is 0 Å². The first-order valence-electron chi connectivity index (χ1n) is 13.5. The van der Waals surface area contributed by atoms with Crippen molar-refractivity contribution in [3.8, 4) is 17.2 Å². The number of hydrogen-bond acceptors (Lipinski definition) is 6. The van der Waals surface area contributed by atoms with Crippen molar-refractivity contribution < 1.29 is 28.4 Å². The summed E-state index contributed by atoms with van der Waals surface area (Å²) in [6.07, 6.45) is 0. The Morgan fingerprint density at radius 2 is 1.07 bits per heavy atom. The van der Waals surface area contributed by atoms with Crippen molar-refractivity contribution in [2.24, 2.45) is 0 Å². The maximum atomic E-state index is 15.2. The number of rotatable bonds is 12. The van der Waals surface area contributed by atoms with Crippen molar-refractivity contribution in [2.75, 3.05) is 7.11 Å². The maximum absolute atomic E-state index is 15.2. The van der Waals surface area contributed by atoms with Crippen LogP contribution < -0.4 is 19.5 Å². The molecule has 0 spiro atoms. The van der Waals surface area contributed by atoms with Crippen LogP contribution in [0.25, 0.3) is 0 Å². The molecule has 1 unspecified atom stereocenters. The Morgan fingerprint density at radius 3 is 1.58 bits per heavy atom. The molecule has 0 saturated heterocycles. The van der Waals surface area contributed by atoms with Gasteiger partial charge < -0.3 is 18.8 Å². The minimum Gasteiger partial charge on any atom is -0.496 e. The third-order valence-electron chi connectivity index (χ3n) is 6.83. The topological polar surface area (TPSA) is 78.9 Å². The molecule has 0 aliphatic heterocycles. The van der Waals surface area contributed by atoms with E-state index in [1.54, 1.807) is 72.8 Å². The highest BCUT2D eigenvalue weighted by molar-refractivity contribution is 8.01. The van der Waals surface area contributed by atoms with E-state index in [0.29, 0.717) is 22.6 Å². The third-order valence-corrected chi connectivity index (χ3v) is 9.76. The first-order chi connectivity index (χ1) is 20.9. The summed E-state index contributed by atoms with van der Waals surface area (Å²) < 4.78 is 32.6. The Hall–Kier alpha value is -4.64. The van der Waals surface area contributed by atoms with Gasteiger partial charge in [-0.25, -0.2) is 0 Å². The molecule has 0 radical (unpaired) electrons. The van der Waals surface area contributed by atoms with Crippen molar-refractivity contribution in [1.29, 1.82) is 0 Å². The number of halogens is 1. The van der Waals surface area contributed by atoms with Crippen molar-refractivity contribution in [3.05, 3.63) is 155 Å². The number of para-hydroxylation sites is 2. The van der Waals surface area contributed by atoms with Gasteiger partial charge in [0, 0.05) is 22.0 Å². The highest BCUT2D eigenvalue weighted by Crippen LogP contribution is 2.54. The van der Waals surface area contributed by atoms with Crippen LogP contribution in [0, 0.1) is 0 Å². The average molecular weight is 611 g/mol. The van der Waals surface area contributed by atoms with Gasteiger partial charge >= 0.3 is 0 Å². The van der Waals surface area contributed by atoms with E-state index in [1.165, 1.54) is 25.3 Å². The molecule has 0 amide bonds. The van der Waals surface area contributed by atoms with Crippen LogP contribution in [-0.4, -0.2) is 18.2 Å². The molecule has 5 aromatic carbocycles. The standard InChI is InChI=1S/C35H28ClO6P/c1-40-31-22-12-21-30(36)33(31)35(38)43(39,29-19-9-4-10-20-29)34(37)32-25(23-41-27-15-5-2-6-16-27)13-11-14-26(32)24-42-28-17-7-3-8-18-28/h2-22H,23-24H2,1H3. The van der Waals surface area contributed by atoms with E-state index in [1.807, 2.05) is 36.4 Å². The molecule has 5 aromatic rings. The molecule has 1 atom stereocenters. The summed E-state index contributed by atoms with van der Waals surface area (Å²) in [5.74, 6) is 1.31. The molecule has 0 aliphatic carbocycles. The predicted octanol–water partition coefficient (Wildman–Crippen LogP) is 8.18. The lowest BCUT2D eigenvalue weighted by atomic mass is 10.0. The minimum atomic E-state index is -4.56. The van der Waals surface area contributed by atoms with Gasteiger partial charge in [-0.15, -0.1) is 0 Å². The van der Waals surface area contributed by atoms with E-state index in [2.05, 4.69) is 0 Å². The second-order valence-electron chi connectivity index (χ2n) is 9.53. The summed E-state index contributed by atoms with van der Waals surface area (Å²) in [7, 11) is -3.18. The zero-order valence-corrected chi connectivity index (χ0v) is 25.0. The summed E-state index contributed by atoms with van der Waals surface area (Å²) in [6.45, 7) is -0.0225. The van der Waals surface area contributed by atoms with Crippen molar-refractivity contribution in [2.45, 2.75) is 13.2 Å². The number of carbonyl (C=O) groups is 2. The monoisotopic (exact) mass is 610 g/mol. The van der Waals surface area contributed by atoms with Gasteiger partial charge in [0.15, 0.2) is 0 Å². The largest absolute Gasteiger partial charge is 0.496 e. The van der Waals surface area contributed by atoms with Gasteiger partial charge in [0.2, 0.25) is 18.2 Å². The van der Waals surface area contributed by atoms with Gasteiger partial charge in [0.25, 0.3) is 0 Å². The summed E-state index contributed by atoms with van der Waals surface area (Å²) in [5, 5.41) is 0.113. The van der Waals surface area contributed by atoms with Crippen LogP contribution in [0.15, 0.2) is 127 Å². The fourth-order valence-corrected chi connectivity index (χ4v) is 7.40. The molecule has 216 valence electrons. The van der Waals surface area contributed by atoms with E-state index in [0.717, 1.165) is 0 Å². The first-order valence-corrected chi connectivity index (χ1v) is 15.6. The van der Waals surface area contributed by atoms with Gasteiger partial charge in [-0.05, 0) is 36.4 Å². The lowest BCUT2D eigenvalue weighted by Gasteiger charge is -2.22. The van der Waals surface area contributed by atoms with E-state index >= 15 is 4.57 Å². The molecule has 0 heterocycles. The zero-order valence-electron chi connectivity index (χ0n) is 23.3. The van der Waals surface area contributed by atoms with E-state index in [9.17, 15) is 9.59 Å². The summed E-state index contributed by atoms with van der Waals surface area (Å²) in [6, 6.07) is 36.2. The van der Waals surface area contributed by atoms with Crippen molar-refractivity contribution in [3.63, 3.8) is 0 Å². The Labute approximate surface area is 255 Å². The van der Waals surface area contributed by atoms with Crippen molar-refractivity contribution >= 4 is 35.1 Å². The van der Waals surface area contributed by atoms with Gasteiger partial charge in [-0.1, -0.05) is 103 Å². The number of methoxy groups -OCH3 is 1. The lowest BCUT2D eigenvalue weighted by Crippen LogP contribution is -2.23. The fraction of sp³-hybridized carbons (Fsp3) is 0.0857. The fourth-order valence-electron chi connectivity index (χ4n) is 4.69. The Balaban J connectivity index is 1.66. The van der Waals surface area contributed by atoms with E-state index in [-0.39, 0.29) is 40.4 Å². The van der Waals surface area contributed by atoms with Crippen LogP contribution in [-0.2, 0) is 17.8 Å². The summed E-state index contributed by atoms with van der Waals surface area (Å²) in [4.78, 5) is 29.1. The molecule has 0 aromatic heterocycles. The Kier molecular flexibility index (Phi) is 9.41. The Bertz CT molecular complexity index is 1710. The molecule has 8 heteroatoms. The number of hydrogen-bond donors (Lipinski definition) is 0. The molecule has 0 N–H and O–H groups in total. The summed E-state index contributed by atoms with van der Waals surface area (Å²) >= 11 is 6.47. The molecular weight excluding hydrogens is 583 g/mol.